The molecule has 2 N–H and O–H groups in total. The van der Waals surface area contributed by atoms with E-state index in [1.54, 1.807) is 0 Å². The number of carbonyl (C=O) groups is 1. The summed E-state index contributed by atoms with van der Waals surface area (Å²) >= 11 is 0. The Hall–Kier alpha value is -0.570. The van der Waals surface area contributed by atoms with Crippen molar-refractivity contribution in [2.24, 2.45) is 5.92 Å². The van der Waals surface area contributed by atoms with Crippen molar-refractivity contribution < 1.29 is 15.0 Å². The van der Waals surface area contributed by atoms with Gasteiger partial charge in [0.1, 0.15) is 0 Å². The summed E-state index contributed by atoms with van der Waals surface area (Å²) in [7, 11) is 0. The monoisotopic (exact) mass is 146 g/mol. The maximum atomic E-state index is 10.1. The van der Waals surface area contributed by atoms with Crippen molar-refractivity contribution in [2.75, 3.05) is 0 Å². The summed E-state index contributed by atoms with van der Waals surface area (Å²) in [5.74, 6) is -0.858. The molecule has 0 spiro atoms. The molecule has 0 aliphatic rings. The molecule has 0 aliphatic heterocycles. The molecule has 0 aromatic heterocycles. The molecule has 0 bridgehead atoms. The van der Waals surface area contributed by atoms with Gasteiger partial charge in [-0.05, 0) is 5.92 Å². The molecule has 60 valence electrons. The van der Waals surface area contributed by atoms with Crippen molar-refractivity contribution in [2.45, 2.75) is 32.8 Å². The third-order valence-corrected chi connectivity index (χ3v) is 1.68. The van der Waals surface area contributed by atoms with E-state index >= 15 is 0 Å². The molecule has 0 aromatic rings. The van der Waals surface area contributed by atoms with Gasteiger partial charge in [0.05, 0.1) is 12.5 Å². The fourth-order valence-corrected chi connectivity index (χ4v) is 0.652. The molecule has 10 heavy (non-hydrogen) atoms. The molecular weight excluding hydrogens is 132 g/mol. The predicted octanol–water partition coefficient (Wildman–Crippen LogP) is 0.868. The van der Waals surface area contributed by atoms with E-state index in [1.165, 1.54) is 0 Å². The first kappa shape index (κ1) is 9.43. The lowest BCUT2D eigenvalue weighted by atomic mass is 10.00. The molecule has 0 amide bonds. The Bertz CT molecular complexity index is 111. The van der Waals surface area contributed by atoms with E-state index < -0.39 is 12.1 Å². The molecule has 0 rings (SSSR count). The van der Waals surface area contributed by atoms with Crippen molar-refractivity contribution in [3.63, 3.8) is 0 Å². The van der Waals surface area contributed by atoms with Gasteiger partial charge in [-0.3, -0.25) is 4.79 Å². The highest BCUT2D eigenvalue weighted by Crippen LogP contribution is 2.09. The first-order chi connectivity index (χ1) is 4.57. The minimum atomic E-state index is -0.937. The summed E-state index contributed by atoms with van der Waals surface area (Å²) in [5.41, 5.74) is 0. The summed E-state index contributed by atoms with van der Waals surface area (Å²) < 4.78 is 0. The van der Waals surface area contributed by atoms with Crippen LogP contribution in [0.3, 0.4) is 0 Å². The van der Waals surface area contributed by atoms with E-state index in [-0.39, 0.29) is 12.3 Å². The van der Waals surface area contributed by atoms with Gasteiger partial charge in [-0.15, -0.1) is 0 Å². The van der Waals surface area contributed by atoms with E-state index in [0.717, 1.165) is 6.42 Å². The molecule has 0 fully saturated rings. The van der Waals surface area contributed by atoms with Gasteiger partial charge in [-0.1, -0.05) is 20.3 Å². The Balaban J connectivity index is 3.61. The average Bonchev–Trinajstić information content (AvgIpc) is 1.85. The molecule has 0 saturated heterocycles. The maximum absolute atomic E-state index is 10.1. The zero-order valence-electron chi connectivity index (χ0n) is 6.37. The predicted molar refractivity (Wildman–Crippen MR) is 37.7 cm³/mol. The number of aliphatic hydroxyl groups excluding tert-OH is 1. The van der Waals surface area contributed by atoms with E-state index in [0.29, 0.717) is 0 Å². The lowest BCUT2D eigenvalue weighted by molar-refractivity contribution is -0.139. The molecule has 3 heteroatoms. The summed E-state index contributed by atoms with van der Waals surface area (Å²) in [4.78, 5) is 10.1. The second-order valence-electron chi connectivity index (χ2n) is 2.55. The number of hydrogen-bond donors (Lipinski definition) is 2. The normalized spacial score (nSPS) is 16.3. The van der Waals surface area contributed by atoms with E-state index in [1.807, 2.05) is 13.8 Å². The van der Waals surface area contributed by atoms with Crippen molar-refractivity contribution in [3.05, 3.63) is 0 Å². The lowest BCUT2D eigenvalue weighted by Gasteiger charge is -2.13. The van der Waals surface area contributed by atoms with Gasteiger partial charge in [0.15, 0.2) is 0 Å². The Kier molecular flexibility index (Phi) is 4.03. The van der Waals surface area contributed by atoms with Gasteiger partial charge in [0, 0.05) is 0 Å². The second-order valence-corrected chi connectivity index (χ2v) is 2.55. The van der Waals surface area contributed by atoms with Crippen LogP contribution in [0, 0.1) is 5.92 Å². The first-order valence-electron chi connectivity index (χ1n) is 3.47. The molecular formula is C7H14O3. The van der Waals surface area contributed by atoms with Crippen LogP contribution in [0.25, 0.3) is 0 Å². The number of aliphatic hydroxyl groups is 1. The SMILES string of the molecule is CC[C@H](C)[C@@H](O)CC(=O)O. The van der Waals surface area contributed by atoms with Crippen molar-refractivity contribution in [1.29, 1.82) is 0 Å². The molecule has 2 atom stereocenters. The fourth-order valence-electron chi connectivity index (χ4n) is 0.652. The molecule has 0 aromatic carbocycles. The van der Waals surface area contributed by atoms with Crippen LogP contribution in [-0.4, -0.2) is 22.3 Å². The highest BCUT2D eigenvalue weighted by Gasteiger charge is 2.14. The number of carboxylic acids is 1. The second kappa shape index (κ2) is 4.28. The zero-order valence-corrected chi connectivity index (χ0v) is 6.37. The standard InChI is InChI=1S/C7H14O3/c1-3-5(2)6(8)4-7(9)10/h5-6,8H,3-4H2,1-2H3,(H,9,10)/t5-,6-/m0/s1. The van der Waals surface area contributed by atoms with Crippen LogP contribution >= 0.6 is 0 Å². The number of carboxylic acid groups (broad SMARTS) is 1. The smallest absolute Gasteiger partial charge is 0.305 e. The highest BCUT2D eigenvalue weighted by molar-refractivity contribution is 5.67. The molecule has 0 saturated carbocycles. The topological polar surface area (TPSA) is 57.5 Å². The Morgan fingerprint density at radius 1 is 1.60 bits per heavy atom. The number of rotatable bonds is 4. The molecule has 3 nitrogen and oxygen atoms in total. The third kappa shape index (κ3) is 3.45. The van der Waals surface area contributed by atoms with Gasteiger partial charge in [0.25, 0.3) is 0 Å². The Morgan fingerprint density at radius 3 is 2.40 bits per heavy atom. The summed E-state index contributed by atoms with van der Waals surface area (Å²) in [6.07, 6.45) is -0.0220. The van der Waals surface area contributed by atoms with Gasteiger partial charge in [-0.25, -0.2) is 0 Å². The Labute approximate surface area is 60.7 Å². The summed E-state index contributed by atoms with van der Waals surface area (Å²) in [6, 6.07) is 0. The summed E-state index contributed by atoms with van der Waals surface area (Å²) in [6.45, 7) is 3.77. The maximum Gasteiger partial charge on any atom is 0.305 e. The molecule has 0 radical (unpaired) electrons. The van der Waals surface area contributed by atoms with Crippen LogP contribution in [-0.2, 0) is 4.79 Å². The zero-order chi connectivity index (χ0) is 8.15. The highest BCUT2D eigenvalue weighted by atomic mass is 16.4. The molecule has 0 unspecified atom stereocenters. The van der Waals surface area contributed by atoms with Crippen LogP contribution in [0.2, 0.25) is 0 Å². The van der Waals surface area contributed by atoms with Gasteiger partial charge in [0.2, 0.25) is 0 Å². The van der Waals surface area contributed by atoms with Crippen LogP contribution in [0.4, 0.5) is 0 Å². The number of aliphatic carboxylic acids is 1. The third-order valence-electron chi connectivity index (χ3n) is 1.68. The van der Waals surface area contributed by atoms with Crippen LogP contribution in [0.5, 0.6) is 0 Å². The minimum absolute atomic E-state index is 0.0797. The van der Waals surface area contributed by atoms with Crippen molar-refractivity contribution in [1.82, 2.24) is 0 Å². The molecule has 0 heterocycles. The molecule has 0 aliphatic carbocycles. The fraction of sp³-hybridized carbons (Fsp3) is 0.857. The van der Waals surface area contributed by atoms with Gasteiger partial charge in [-0.2, -0.15) is 0 Å². The minimum Gasteiger partial charge on any atom is -0.481 e. The first-order valence-corrected chi connectivity index (χ1v) is 3.47. The van der Waals surface area contributed by atoms with Crippen LogP contribution < -0.4 is 0 Å². The van der Waals surface area contributed by atoms with Crippen molar-refractivity contribution >= 4 is 5.97 Å². The van der Waals surface area contributed by atoms with Gasteiger partial charge < -0.3 is 10.2 Å². The summed E-state index contributed by atoms with van der Waals surface area (Å²) in [5, 5.41) is 17.4. The van der Waals surface area contributed by atoms with E-state index in [9.17, 15) is 4.79 Å². The quantitative estimate of drug-likeness (QED) is 0.618. The van der Waals surface area contributed by atoms with Crippen LogP contribution in [0.1, 0.15) is 26.7 Å². The average molecular weight is 146 g/mol. The largest absolute Gasteiger partial charge is 0.481 e. The van der Waals surface area contributed by atoms with E-state index in [2.05, 4.69) is 0 Å². The van der Waals surface area contributed by atoms with Crippen molar-refractivity contribution in [3.8, 4) is 0 Å². The van der Waals surface area contributed by atoms with E-state index in [4.69, 9.17) is 10.2 Å². The number of hydrogen-bond acceptors (Lipinski definition) is 2. The lowest BCUT2D eigenvalue weighted by Crippen LogP contribution is -2.20. The van der Waals surface area contributed by atoms with Crippen LogP contribution in [0.15, 0.2) is 0 Å². The van der Waals surface area contributed by atoms with Gasteiger partial charge >= 0.3 is 5.97 Å². The Morgan fingerprint density at radius 2 is 2.10 bits per heavy atom.